The summed E-state index contributed by atoms with van der Waals surface area (Å²) in [5.74, 6) is -0.0687. The maximum absolute atomic E-state index is 12.0. The van der Waals surface area contributed by atoms with Gasteiger partial charge in [0.2, 0.25) is 5.91 Å². The Labute approximate surface area is 115 Å². The van der Waals surface area contributed by atoms with Gasteiger partial charge in [0.15, 0.2) is 0 Å². The Hall–Kier alpha value is -1.14. The normalized spacial score (nSPS) is 16.7. The summed E-state index contributed by atoms with van der Waals surface area (Å²) in [6.07, 6.45) is 0.334. The lowest BCUT2D eigenvalue weighted by Crippen LogP contribution is -2.49. The van der Waals surface area contributed by atoms with E-state index >= 15 is 0 Å². The standard InChI is InChI=1S/C13H25N3O3/c1-4-19-13(18)5-6-15(3)11-12(17)16-9-7-14(2)8-10-16/h4-11H2,1-3H3. The minimum Gasteiger partial charge on any atom is -0.466 e. The molecule has 0 spiro atoms. The highest BCUT2D eigenvalue weighted by atomic mass is 16.5. The SMILES string of the molecule is CCOC(=O)CCN(C)CC(=O)N1CCN(C)CC1. The molecule has 1 rings (SSSR count). The van der Waals surface area contributed by atoms with Crippen molar-refractivity contribution in [2.75, 3.05) is 60.0 Å². The van der Waals surface area contributed by atoms with Crippen LogP contribution in [0.1, 0.15) is 13.3 Å². The third-order valence-electron chi connectivity index (χ3n) is 3.26. The zero-order valence-corrected chi connectivity index (χ0v) is 12.2. The first-order chi connectivity index (χ1) is 9.02. The van der Waals surface area contributed by atoms with Crippen molar-refractivity contribution < 1.29 is 14.3 Å². The number of hydrogen-bond donors (Lipinski definition) is 0. The first-order valence-electron chi connectivity index (χ1n) is 6.83. The number of nitrogens with zero attached hydrogens (tertiary/aromatic N) is 3. The molecule has 1 saturated heterocycles. The predicted molar refractivity (Wildman–Crippen MR) is 72.8 cm³/mol. The summed E-state index contributed by atoms with van der Waals surface area (Å²) in [7, 11) is 3.92. The van der Waals surface area contributed by atoms with Crippen LogP contribution in [0.5, 0.6) is 0 Å². The summed E-state index contributed by atoms with van der Waals surface area (Å²) in [5.41, 5.74) is 0. The van der Waals surface area contributed by atoms with Crippen molar-refractivity contribution in [1.29, 1.82) is 0 Å². The Balaban J connectivity index is 2.22. The second-order valence-electron chi connectivity index (χ2n) is 4.98. The van der Waals surface area contributed by atoms with Crippen LogP contribution in [0.15, 0.2) is 0 Å². The van der Waals surface area contributed by atoms with E-state index in [9.17, 15) is 9.59 Å². The summed E-state index contributed by atoms with van der Waals surface area (Å²) in [5, 5.41) is 0. The predicted octanol–water partition coefficient (Wildman–Crippen LogP) is -0.355. The van der Waals surface area contributed by atoms with Gasteiger partial charge in [0.25, 0.3) is 0 Å². The van der Waals surface area contributed by atoms with Gasteiger partial charge in [-0.05, 0) is 21.0 Å². The Morgan fingerprint density at radius 2 is 1.84 bits per heavy atom. The molecule has 0 unspecified atom stereocenters. The number of likely N-dealkylation sites (N-methyl/N-ethyl adjacent to an activating group) is 2. The lowest BCUT2D eigenvalue weighted by Gasteiger charge is -2.33. The molecule has 1 amide bonds. The number of carbonyl (C=O) groups excluding carboxylic acids is 2. The molecule has 1 aliphatic rings. The summed E-state index contributed by atoms with van der Waals surface area (Å²) in [6.45, 7) is 6.56. The van der Waals surface area contributed by atoms with Crippen LogP contribution in [-0.4, -0.2) is 86.5 Å². The van der Waals surface area contributed by atoms with Crippen LogP contribution in [0.25, 0.3) is 0 Å². The maximum Gasteiger partial charge on any atom is 0.307 e. The van der Waals surface area contributed by atoms with E-state index in [0.29, 0.717) is 26.1 Å². The number of hydrogen-bond acceptors (Lipinski definition) is 5. The molecule has 110 valence electrons. The second kappa shape index (κ2) is 8.12. The number of carbonyl (C=O) groups is 2. The first-order valence-corrected chi connectivity index (χ1v) is 6.83. The highest BCUT2D eigenvalue weighted by molar-refractivity contribution is 5.78. The molecule has 0 aromatic rings. The average molecular weight is 271 g/mol. The van der Waals surface area contributed by atoms with Gasteiger partial charge in [0.1, 0.15) is 0 Å². The molecule has 0 saturated carbocycles. The van der Waals surface area contributed by atoms with Crippen molar-refractivity contribution in [3.63, 3.8) is 0 Å². The molecular weight excluding hydrogens is 246 g/mol. The quantitative estimate of drug-likeness (QED) is 0.618. The number of amides is 1. The molecule has 1 aliphatic heterocycles. The molecule has 0 radical (unpaired) electrons. The second-order valence-corrected chi connectivity index (χ2v) is 4.98. The first kappa shape index (κ1) is 15.9. The highest BCUT2D eigenvalue weighted by Gasteiger charge is 2.20. The molecule has 6 heteroatoms. The fourth-order valence-electron chi connectivity index (χ4n) is 1.98. The molecule has 6 nitrogen and oxygen atoms in total. The van der Waals surface area contributed by atoms with Crippen molar-refractivity contribution >= 4 is 11.9 Å². The van der Waals surface area contributed by atoms with Crippen molar-refractivity contribution in [3.05, 3.63) is 0 Å². The smallest absolute Gasteiger partial charge is 0.307 e. The molecule has 0 aromatic carbocycles. The Morgan fingerprint density at radius 3 is 2.42 bits per heavy atom. The maximum atomic E-state index is 12.0. The minimum atomic E-state index is -0.207. The van der Waals surface area contributed by atoms with E-state index in [-0.39, 0.29) is 11.9 Å². The molecular formula is C13H25N3O3. The van der Waals surface area contributed by atoms with E-state index in [4.69, 9.17) is 4.74 Å². The monoisotopic (exact) mass is 271 g/mol. The van der Waals surface area contributed by atoms with Crippen LogP contribution >= 0.6 is 0 Å². The van der Waals surface area contributed by atoms with Crippen LogP contribution in [0.3, 0.4) is 0 Å². The summed E-state index contributed by atoms with van der Waals surface area (Å²) in [6, 6.07) is 0. The number of piperazine rings is 1. The van der Waals surface area contributed by atoms with Crippen molar-refractivity contribution in [3.8, 4) is 0 Å². The summed E-state index contributed by atoms with van der Waals surface area (Å²) < 4.78 is 4.86. The zero-order chi connectivity index (χ0) is 14.3. The lowest BCUT2D eigenvalue weighted by molar-refractivity contribution is -0.144. The van der Waals surface area contributed by atoms with Gasteiger partial charge in [-0.25, -0.2) is 0 Å². The van der Waals surface area contributed by atoms with Gasteiger partial charge in [0, 0.05) is 32.7 Å². The molecule has 0 N–H and O–H groups in total. The van der Waals surface area contributed by atoms with E-state index in [1.54, 1.807) is 6.92 Å². The lowest BCUT2D eigenvalue weighted by atomic mass is 10.3. The molecule has 0 atom stereocenters. The molecule has 19 heavy (non-hydrogen) atoms. The van der Waals surface area contributed by atoms with E-state index in [2.05, 4.69) is 11.9 Å². The van der Waals surface area contributed by atoms with Gasteiger partial charge in [-0.3, -0.25) is 14.5 Å². The Morgan fingerprint density at radius 1 is 1.21 bits per heavy atom. The van der Waals surface area contributed by atoms with Gasteiger partial charge in [0.05, 0.1) is 19.6 Å². The zero-order valence-electron chi connectivity index (χ0n) is 12.2. The topological polar surface area (TPSA) is 53.1 Å². The molecule has 0 aliphatic carbocycles. The van der Waals surface area contributed by atoms with E-state index < -0.39 is 0 Å². The third kappa shape index (κ3) is 6.02. The fourth-order valence-corrected chi connectivity index (χ4v) is 1.98. The Kier molecular flexibility index (Phi) is 6.80. The summed E-state index contributed by atoms with van der Waals surface area (Å²) >= 11 is 0. The van der Waals surface area contributed by atoms with E-state index in [1.807, 2.05) is 16.8 Å². The van der Waals surface area contributed by atoms with Crippen LogP contribution in [0.2, 0.25) is 0 Å². The largest absolute Gasteiger partial charge is 0.466 e. The van der Waals surface area contributed by atoms with Crippen LogP contribution in [-0.2, 0) is 14.3 Å². The average Bonchev–Trinajstić information content (AvgIpc) is 2.37. The molecule has 0 bridgehead atoms. The number of rotatable bonds is 6. The molecule has 1 heterocycles. The van der Waals surface area contributed by atoms with Gasteiger partial charge in [-0.15, -0.1) is 0 Å². The van der Waals surface area contributed by atoms with Crippen molar-refractivity contribution in [2.45, 2.75) is 13.3 Å². The van der Waals surface area contributed by atoms with Gasteiger partial charge < -0.3 is 14.5 Å². The number of esters is 1. The minimum absolute atomic E-state index is 0.138. The molecule has 1 fully saturated rings. The van der Waals surface area contributed by atoms with Crippen LogP contribution in [0.4, 0.5) is 0 Å². The van der Waals surface area contributed by atoms with Crippen molar-refractivity contribution in [1.82, 2.24) is 14.7 Å². The highest BCUT2D eigenvalue weighted by Crippen LogP contribution is 2.01. The number of ether oxygens (including phenoxy) is 1. The fraction of sp³-hybridized carbons (Fsp3) is 0.846. The summed E-state index contributed by atoms with van der Waals surface area (Å²) in [4.78, 5) is 29.2. The molecule has 0 aromatic heterocycles. The van der Waals surface area contributed by atoms with Crippen molar-refractivity contribution in [2.24, 2.45) is 0 Å². The van der Waals surface area contributed by atoms with Gasteiger partial charge >= 0.3 is 5.97 Å². The van der Waals surface area contributed by atoms with E-state index in [1.165, 1.54) is 0 Å². The van der Waals surface area contributed by atoms with Gasteiger partial charge in [-0.2, -0.15) is 0 Å². The van der Waals surface area contributed by atoms with E-state index in [0.717, 1.165) is 26.2 Å². The van der Waals surface area contributed by atoms with Gasteiger partial charge in [-0.1, -0.05) is 0 Å². The third-order valence-corrected chi connectivity index (χ3v) is 3.26. The van der Waals surface area contributed by atoms with Crippen LogP contribution in [0, 0.1) is 0 Å². The van der Waals surface area contributed by atoms with Crippen LogP contribution < -0.4 is 0 Å². The Bertz CT molecular complexity index is 302.